The first-order chi connectivity index (χ1) is 13.1. The van der Waals surface area contributed by atoms with E-state index in [1.807, 2.05) is 12.1 Å². The van der Waals surface area contributed by atoms with E-state index in [1.54, 1.807) is 0 Å². The van der Waals surface area contributed by atoms with Crippen LogP contribution in [0.4, 0.5) is 5.69 Å². The summed E-state index contributed by atoms with van der Waals surface area (Å²) in [6.45, 7) is 10.1. The molecule has 0 fully saturated rings. The zero-order valence-electron chi connectivity index (χ0n) is 17.4. The molecule has 1 unspecified atom stereocenters. The maximum absolute atomic E-state index is 6.08. The van der Waals surface area contributed by atoms with E-state index in [1.165, 1.54) is 36.8 Å². The smallest absolute Gasteiger partial charge is 0.122 e. The molecule has 0 radical (unpaired) electrons. The predicted molar refractivity (Wildman–Crippen MR) is 115 cm³/mol. The molecule has 0 heterocycles. The van der Waals surface area contributed by atoms with Crippen molar-refractivity contribution in [2.45, 2.75) is 65.9 Å². The second kappa shape index (κ2) is 11.5. The van der Waals surface area contributed by atoms with Gasteiger partial charge in [0.1, 0.15) is 17.6 Å². The van der Waals surface area contributed by atoms with Crippen molar-refractivity contribution in [2.75, 3.05) is 18.5 Å². The Kier molecular flexibility index (Phi) is 9.03. The number of hydrogen-bond acceptors (Lipinski definition) is 3. The number of hydrogen-bond donors (Lipinski definition) is 1. The predicted octanol–water partition coefficient (Wildman–Crippen LogP) is 6.53. The van der Waals surface area contributed by atoms with E-state index in [9.17, 15) is 0 Å². The SMILES string of the molecule is CCCCCCCOc1ccc(NCC(C)Oc2cc(C)ccc2C)cc1. The van der Waals surface area contributed by atoms with Crippen LogP contribution in [-0.4, -0.2) is 19.3 Å². The van der Waals surface area contributed by atoms with Gasteiger partial charge in [0.05, 0.1) is 13.2 Å². The summed E-state index contributed by atoms with van der Waals surface area (Å²) < 4.78 is 11.9. The molecular formula is C24H35NO2. The molecule has 0 spiro atoms. The first-order valence-corrected chi connectivity index (χ1v) is 10.3. The molecule has 0 aliphatic rings. The van der Waals surface area contributed by atoms with Crippen molar-refractivity contribution in [3.05, 3.63) is 53.6 Å². The number of ether oxygens (including phenoxy) is 2. The molecule has 3 heteroatoms. The van der Waals surface area contributed by atoms with Gasteiger partial charge in [-0.15, -0.1) is 0 Å². The number of anilines is 1. The lowest BCUT2D eigenvalue weighted by atomic mass is 10.1. The Morgan fingerprint density at radius 3 is 2.41 bits per heavy atom. The highest BCUT2D eigenvalue weighted by atomic mass is 16.5. The zero-order chi connectivity index (χ0) is 19.5. The molecule has 27 heavy (non-hydrogen) atoms. The Labute approximate surface area is 165 Å². The number of rotatable bonds is 12. The van der Waals surface area contributed by atoms with E-state index < -0.39 is 0 Å². The standard InChI is InChI=1S/C24H35NO2/c1-5-6-7-8-9-16-26-23-14-12-22(13-15-23)25-18-21(4)27-24-17-19(2)10-11-20(24)3/h10-15,17,21,25H,5-9,16,18H2,1-4H3. The number of aryl methyl sites for hydroxylation is 2. The van der Waals surface area contributed by atoms with Gasteiger partial charge in [0.2, 0.25) is 0 Å². The molecule has 1 N–H and O–H groups in total. The normalized spacial score (nSPS) is 11.9. The summed E-state index contributed by atoms with van der Waals surface area (Å²) in [6.07, 6.45) is 6.39. The summed E-state index contributed by atoms with van der Waals surface area (Å²) in [5, 5.41) is 3.44. The Morgan fingerprint density at radius 2 is 1.67 bits per heavy atom. The molecule has 3 nitrogen and oxygen atoms in total. The van der Waals surface area contributed by atoms with E-state index in [2.05, 4.69) is 63.3 Å². The highest BCUT2D eigenvalue weighted by molar-refractivity contribution is 5.46. The molecule has 2 rings (SSSR count). The fourth-order valence-corrected chi connectivity index (χ4v) is 2.92. The quantitative estimate of drug-likeness (QED) is 0.431. The summed E-state index contributed by atoms with van der Waals surface area (Å²) in [6, 6.07) is 14.5. The van der Waals surface area contributed by atoms with Crippen LogP contribution >= 0.6 is 0 Å². The first-order valence-electron chi connectivity index (χ1n) is 10.3. The Hall–Kier alpha value is -2.16. The van der Waals surface area contributed by atoms with Crippen molar-refractivity contribution >= 4 is 5.69 Å². The maximum atomic E-state index is 6.08. The summed E-state index contributed by atoms with van der Waals surface area (Å²) in [5.74, 6) is 1.91. The highest BCUT2D eigenvalue weighted by Gasteiger charge is 2.07. The average molecular weight is 370 g/mol. The van der Waals surface area contributed by atoms with Gasteiger partial charge in [-0.1, -0.05) is 44.7 Å². The van der Waals surface area contributed by atoms with Crippen LogP contribution < -0.4 is 14.8 Å². The van der Waals surface area contributed by atoms with Crippen LogP contribution in [0, 0.1) is 13.8 Å². The van der Waals surface area contributed by atoms with Crippen LogP contribution in [0.25, 0.3) is 0 Å². The van der Waals surface area contributed by atoms with Crippen LogP contribution in [0.3, 0.4) is 0 Å². The molecule has 0 aromatic heterocycles. The summed E-state index contributed by atoms with van der Waals surface area (Å²) in [7, 11) is 0. The number of unbranched alkanes of at least 4 members (excludes halogenated alkanes) is 4. The van der Waals surface area contributed by atoms with Crippen molar-refractivity contribution in [3.8, 4) is 11.5 Å². The molecule has 2 aromatic carbocycles. The molecule has 0 saturated carbocycles. The monoisotopic (exact) mass is 369 g/mol. The topological polar surface area (TPSA) is 30.5 Å². The van der Waals surface area contributed by atoms with Gasteiger partial charge in [0.15, 0.2) is 0 Å². The van der Waals surface area contributed by atoms with Gasteiger partial charge in [-0.2, -0.15) is 0 Å². The third-order valence-electron chi connectivity index (χ3n) is 4.64. The molecular weight excluding hydrogens is 334 g/mol. The summed E-state index contributed by atoms with van der Waals surface area (Å²) >= 11 is 0. The lowest BCUT2D eigenvalue weighted by Gasteiger charge is -2.18. The lowest BCUT2D eigenvalue weighted by Crippen LogP contribution is -2.23. The second-order valence-corrected chi connectivity index (χ2v) is 7.37. The Bertz CT molecular complexity index is 667. The number of benzene rings is 2. The van der Waals surface area contributed by atoms with Crippen molar-refractivity contribution in [3.63, 3.8) is 0 Å². The van der Waals surface area contributed by atoms with Gasteiger partial charge in [-0.25, -0.2) is 0 Å². The lowest BCUT2D eigenvalue weighted by molar-refractivity contribution is 0.233. The molecule has 0 aliphatic carbocycles. The maximum Gasteiger partial charge on any atom is 0.122 e. The fourth-order valence-electron chi connectivity index (χ4n) is 2.92. The largest absolute Gasteiger partial charge is 0.494 e. The van der Waals surface area contributed by atoms with E-state index in [4.69, 9.17) is 9.47 Å². The van der Waals surface area contributed by atoms with Gasteiger partial charge in [-0.3, -0.25) is 0 Å². The van der Waals surface area contributed by atoms with Crippen LogP contribution in [0.2, 0.25) is 0 Å². The fraction of sp³-hybridized carbons (Fsp3) is 0.500. The number of nitrogens with one attached hydrogen (secondary N) is 1. The van der Waals surface area contributed by atoms with E-state index in [-0.39, 0.29) is 6.10 Å². The van der Waals surface area contributed by atoms with Crippen molar-refractivity contribution in [2.24, 2.45) is 0 Å². The third-order valence-corrected chi connectivity index (χ3v) is 4.64. The van der Waals surface area contributed by atoms with Crippen molar-refractivity contribution in [1.82, 2.24) is 0 Å². The summed E-state index contributed by atoms with van der Waals surface area (Å²) in [4.78, 5) is 0. The molecule has 0 saturated heterocycles. The van der Waals surface area contributed by atoms with E-state index in [0.29, 0.717) is 0 Å². The highest BCUT2D eigenvalue weighted by Crippen LogP contribution is 2.21. The van der Waals surface area contributed by atoms with Crippen LogP contribution in [-0.2, 0) is 0 Å². The van der Waals surface area contributed by atoms with Gasteiger partial charge in [0.25, 0.3) is 0 Å². The Morgan fingerprint density at radius 1 is 0.926 bits per heavy atom. The van der Waals surface area contributed by atoms with Gasteiger partial charge in [0, 0.05) is 5.69 Å². The minimum absolute atomic E-state index is 0.0875. The van der Waals surface area contributed by atoms with Gasteiger partial charge >= 0.3 is 0 Å². The molecule has 0 bridgehead atoms. The molecule has 1 atom stereocenters. The van der Waals surface area contributed by atoms with Crippen LogP contribution in [0.5, 0.6) is 11.5 Å². The minimum atomic E-state index is 0.0875. The molecule has 148 valence electrons. The van der Waals surface area contributed by atoms with Gasteiger partial charge < -0.3 is 14.8 Å². The zero-order valence-corrected chi connectivity index (χ0v) is 17.4. The Balaban J connectivity index is 1.70. The third kappa shape index (κ3) is 7.94. The van der Waals surface area contributed by atoms with Crippen LogP contribution in [0.15, 0.2) is 42.5 Å². The van der Waals surface area contributed by atoms with Gasteiger partial charge in [-0.05, 0) is 68.7 Å². The first kappa shape index (κ1) is 21.1. The van der Waals surface area contributed by atoms with Crippen molar-refractivity contribution in [1.29, 1.82) is 0 Å². The molecule has 0 amide bonds. The second-order valence-electron chi connectivity index (χ2n) is 7.37. The van der Waals surface area contributed by atoms with E-state index >= 15 is 0 Å². The molecule has 2 aromatic rings. The molecule has 0 aliphatic heterocycles. The van der Waals surface area contributed by atoms with Crippen molar-refractivity contribution < 1.29 is 9.47 Å². The summed E-state index contributed by atoms with van der Waals surface area (Å²) in [5.41, 5.74) is 3.47. The minimum Gasteiger partial charge on any atom is -0.494 e. The average Bonchev–Trinajstić information content (AvgIpc) is 2.67. The van der Waals surface area contributed by atoms with Crippen LogP contribution in [0.1, 0.15) is 57.1 Å². The van der Waals surface area contributed by atoms with E-state index in [0.717, 1.165) is 36.8 Å².